The molecular weight excluding hydrogens is 194 g/mol. The quantitative estimate of drug-likeness (QED) is 0.822. The third-order valence-corrected chi connectivity index (χ3v) is 4.29. The van der Waals surface area contributed by atoms with Crippen LogP contribution in [0.25, 0.3) is 0 Å². The summed E-state index contributed by atoms with van der Waals surface area (Å²) in [6, 6.07) is 9.86. The second kappa shape index (κ2) is 5.27. The first-order valence-corrected chi connectivity index (χ1v) is 6.01. The molecule has 3 unspecified atom stereocenters. The van der Waals surface area contributed by atoms with E-state index < -0.39 is 10.8 Å². The topological polar surface area (TPSA) is 29.1 Å². The first-order chi connectivity index (χ1) is 6.66. The van der Waals surface area contributed by atoms with Gasteiger partial charge in [-0.25, -0.2) is 0 Å². The van der Waals surface area contributed by atoms with Crippen molar-refractivity contribution >= 4 is 10.8 Å². The fourth-order valence-electron chi connectivity index (χ4n) is 1.19. The van der Waals surface area contributed by atoms with Crippen LogP contribution in [0.3, 0.4) is 0 Å². The number of hydrogen-bond donors (Lipinski definition) is 1. The van der Waals surface area contributed by atoms with Gasteiger partial charge in [-0.2, -0.15) is 0 Å². The molecule has 0 aliphatic heterocycles. The standard InChI is InChI=1S/C11H17NOS/c1-9(12-3)10(2)14(13)11-7-5-4-6-8-11/h4-10,12H,1-3H3. The highest BCUT2D eigenvalue weighted by molar-refractivity contribution is 7.85. The van der Waals surface area contributed by atoms with Crippen molar-refractivity contribution in [1.29, 1.82) is 0 Å². The van der Waals surface area contributed by atoms with Gasteiger partial charge in [0.1, 0.15) is 0 Å². The molecular formula is C11H17NOS. The Morgan fingerprint density at radius 2 is 1.79 bits per heavy atom. The zero-order valence-electron chi connectivity index (χ0n) is 8.86. The van der Waals surface area contributed by atoms with Gasteiger partial charge in [-0.1, -0.05) is 18.2 Å². The highest BCUT2D eigenvalue weighted by Gasteiger charge is 2.18. The molecule has 0 aliphatic carbocycles. The Morgan fingerprint density at radius 1 is 1.21 bits per heavy atom. The summed E-state index contributed by atoms with van der Waals surface area (Å²) in [5, 5.41) is 3.25. The number of nitrogens with one attached hydrogen (secondary N) is 1. The van der Waals surface area contributed by atoms with Crippen LogP contribution in [0.1, 0.15) is 13.8 Å². The van der Waals surface area contributed by atoms with Crippen LogP contribution in [0.15, 0.2) is 35.2 Å². The lowest BCUT2D eigenvalue weighted by molar-refractivity contribution is 0.584. The predicted molar refractivity (Wildman–Crippen MR) is 60.8 cm³/mol. The first kappa shape index (κ1) is 11.4. The summed E-state index contributed by atoms with van der Waals surface area (Å²) in [5.74, 6) is 0. The van der Waals surface area contributed by atoms with Crippen molar-refractivity contribution in [3.05, 3.63) is 30.3 Å². The summed E-state index contributed by atoms with van der Waals surface area (Å²) in [4.78, 5) is 0.905. The van der Waals surface area contributed by atoms with E-state index in [0.717, 1.165) is 4.90 Å². The van der Waals surface area contributed by atoms with Crippen LogP contribution in [0.2, 0.25) is 0 Å². The molecule has 0 saturated heterocycles. The van der Waals surface area contributed by atoms with Crippen LogP contribution < -0.4 is 5.32 Å². The normalized spacial score (nSPS) is 17.4. The molecule has 0 fully saturated rings. The molecule has 2 nitrogen and oxygen atoms in total. The van der Waals surface area contributed by atoms with Crippen molar-refractivity contribution < 1.29 is 4.21 Å². The second-order valence-electron chi connectivity index (χ2n) is 3.39. The highest BCUT2D eigenvalue weighted by atomic mass is 32.2. The Morgan fingerprint density at radius 3 is 2.29 bits per heavy atom. The van der Waals surface area contributed by atoms with E-state index in [0.29, 0.717) is 0 Å². The lowest BCUT2D eigenvalue weighted by Gasteiger charge is -2.18. The summed E-state index contributed by atoms with van der Waals surface area (Å²) in [6.07, 6.45) is 0. The number of benzene rings is 1. The molecule has 0 spiro atoms. The van der Waals surface area contributed by atoms with Crippen LogP contribution in [-0.2, 0) is 10.8 Å². The molecule has 0 saturated carbocycles. The summed E-state index contributed by atoms with van der Waals surface area (Å²) in [7, 11) is 0.972. The number of hydrogen-bond acceptors (Lipinski definition) is 2. The van der Waals surface area contributed by atoms with Gasteiger partial charge in [0, 0.05) is 10.9 Å². The van der Waals surface area contributed by atoms with E-state index in [1.54, 1.807) is 0 Å². The molecule has 1 aromatic rings. The van der Waals surface area contributed by atoms with Crippen molar-refractivity contribution in [3.8, 4) is 0 Å². The third kappa shape index (κ3) is 2.66. The maximum atomic E-state index is 12.0. The average molecular weight is 211 g/mol. The van der Waals surface area contributed by atoms with Crippen molar-refractivity contribution in [1.82, 2.24) is 5.32 Å². The van der Waals surface area contributed by atoms with E-state index in [1.165, 1.54) is 0 Å². The van der Waals surface area contributed by atoms with Crippen molar-refractivity contribution in [2.75, 3.05) is 7.05 Å². The molecule has 14 heavy (non-hydrogen) atoms. The van der Waals surface area contributed by atoms with Gasteiger partial charge in [0.15, 0.2) is 0 Å². The third-order valence-electron chi connectivity index (χ3n) is 2.47. The molecule has 0 radical (unpaired) electrons. The molecule has 0 aromatic heterocycles. The Bertz CT molecular complexity index is 299. The molecule has 1 aromatic carbocycles. The minimum Gasteiger partial charge on any atom is -0.316 e. The first-order valence-electron chi connectivity index (χ1n) is 4.79. The van der Waals surface area contributed by atoms with Crippen LogP contribution in [0, 0.1) is 0 Å². The smallest absolute Gasteiger partial charge is 0.0573 e. The summed E-state index contributed by atoms with van der Waals surface area (Å²) in [5.41, 5.74) is 0. The van der Waals surface area contributed by atoms with Gasteiger partial charge in [-0.05, 0) is 33.0 Å². The van der Waals surface area contributed by atoms with Crippen molar-refractivity contribution in [2.24, 2.45) is 0 Å². The molecule has 78 valence electrons. The van der Waals surface area contributed by atoms with E-state index >= 15 is 0 Å². The van der Waals surface area contributed by atoms with E-state index in [2.05, 4.69) is 5.32 Å². The summed E-state index contributed by atoms with van der Waals surface area (Å²) in [6.45, 7) is 4.05. The van der Waals surface area contributed by atoms with Gasteiger partial charge < -0.3 is 5.32 Å². The molecule has 0 amide bonds. The Hall–Kier alpha value is -0.670. The maximum absolute atomic E-state index is 12.0. The van der Waals surface area contributed by atoms with E-state index in [9.17, 15) is 4.21 Å². The molecule has 1 N–H and O–H groups in total. The molecule has 1 rings (SSSR count). The van der Waals surface area contributed by atoms with E-state index in [-0.39, 0.29) is 11.3 Å². The van der Waals surface area contributed by atoms with Gasteiger partial charge >= 0.3 is 0 Å². The zero-order chi connectivity index (χ0) is 10.6. The van der Waals surface area contributed by atoms with Gasteiger partial charge in [0.2, 0.25) is 0 Å². The fourth-order valence-corrected chi connectivity index (χ4v) is 2.55. The van der Waals surface area contributed by atoms with Crippen LogP contribution in [0.4, 0.5) is 0 Å². The maximum Gasteiger partial charge on any atom is 0.0573 e. The van der Waals surface area contributed by atoms with E-state index in [4.69, 9.17) is 0 Å². The largest absolute Gasteiger partial charge is 0.316 e. The van der Waals surface area contributed by atoms with Crippen molar-refractivity contribution in [3.63, 3.8) is 0 Å². The average Bonchev–Trinajstić information content (AvgIpc) is 2.27. The Balaban J connectivity index is 2.76. The molecule has 3 heteroatoms. The Kier molecular flexibility index (Phi) is 4.29. The molecule has 3 atom stereocenters. The van der Waals surface area contributed by atoms with Gasteiger partial charge in [0.05, 0.1) is 16.0 Å². The fraction of sp³-hybridized carbons (Fsp3) is 0.455. The lowest BCUT2D eigenvalue weighted by Crippen LogP contribution is -2.35. The predicted octanol–water partition coefficient (Wildman–Crippen LogP) is 1.79. The molecule has 0 aliphatic rings. The lowest BCUT2D eigenvalue weighted by atomic mass is 10.3. The minimum absolute atomic E-state index is 0.127. The van der Waals surface area contributed by atoms with Gasteiger partial charge in [-0.3, -0.25) is 4.21 Å². The molecule has 0 bridgehead atoms. The van der Waals surface area contributed by atoms with E-state index in [1.807, 2.05) is 51.2 Å². The second-order valence-corrected chi connectivity index (χ2v) is 5.20. The molecule has 0 heterocycles. The minimum atomic E-state index is -0.921. The summed E-state index contributed by atoms with van der Waals surface area (Å²) >= 11 is 0. The SMILES string of the molecule is CNC(C)C(C)S(=O)c1ccccc1. The van der Waals surface area contributed by atoms with Gasteiger partial charge in [-0.15, -0.1) is 0 Å². The number of rotatable bonds is 4. The van der Waals surface area contributed by atoms with Crippen LogP contribution in [-0.4, -0.2) is 22.5 Å². The highest BCUT2D eigenvalue weighted by Crippen LogP contribution is 2.12. The monoisotopic (exact) mass is 211 g/mol. The Labute approximate surface area is 88.2 Å². The van der Waals surface area contributed by atoms with Crippen molar-refractivity contribution in [2.45, 2.75) is 30.0 Å². The van der Waals surface area contributed by atoms with Gasteiger partial charge in [0.25, 0.3) is 0 Å². The van der Waals surface area contributed by atoms with Crippen LogP contribution in [0.5, 0.6) is 0 Å². The zero-order valence-corrected chi connectivity index (χ0v) is 9.67. The van der Waals surface area contributed by atoms with Crippen LogP contribution >= 0.6 is 0 Å². The summed E-state index contributed by atoms with van der Waals surface area (Å²) < 4.78 is 12.0.